The van der Waals surface area contributed by atoms with E-state index < -0.39 is 9.84 Å². The summed E-state index contributed by atoms with van der Waals surface area (Å²) in [4.78, 5) is 13.7. The number of anilines is 1. The number of nitriles is 1. The van der Waals surface area contributed by atoms with Gasteiger partial charge in [-0.1, -0.05) is 24.1 Å². The van der Waals surface area contributed by atoms with Crippen molar-refractivity contribution in [1.82, 2.24) is 0 Å². The van der Waals surface area contributed by atoms with Crippen molar-refractivity contribution in [3.63, 3.8) is 0 Å². The molecule has 0 bridgehead atoms. The number of benzene rings is 1. The first-order chi connectivity index (χ1) is 12.9. The summed E-state index contributed by atoms with van der Waals surface area (Å²) in [5.74, 6) is -0.631. The van der Waals surface area contributed by atoms with E-state index in [1.807, 2.05) is 6.92 Å². The second kappa shape index (κ2) is 8.24. The number of carbonyl (C=O) groups excluding carboxylic acids is 1. The van der Waals surface area contributed by atoms with Crippen molar-refractivity contribution in [2.24, 2.45) is 0 Å². The van der Waals surface area contributed by atoms with E-state index in [2.05, 4.69) is 11.4 Å². The number of fused-ring (bicyclic) bond motifs is 1. The van der Waals surface area contributed by atoms with Crippen LogP contribution < -0.4 is 5.32 Å². The van der Waals surface area contributed by atoms with Gasteiger partial charge in [-0.05, 0) is 50.3 Å². The van der Waals surface area contributed by atoms with Crippen molar-refractivity contribution in [2.45, 2.75) is 50.3 Å². The summed E-state index contributed by atoms with van der Waals surface area (Å²) in [6.45, 7) is 1.89. The number of aryl methyl sites for hydroxylation is 2. The highest BCUT2D eigenvalue weighted by atomic mass is 32.2. The maximum atomic E-state index is 12.4. The van der Waals surface area contributed by atoms with E-state index in [9.17, 15) is 18.5 Å². The Morgan fingerprint density at radius 3 is 2.59 bits per heavy atom. The molecule has 1 amide bonds. The van der Waals surface area contributed by atoms with Crippen LogP contribution in [0.5, 0.6) is 0 Å². The first-order valence-corrected chi connectivity index (χ1v) is 11.5. The molecule has 27 heavy (non-hydrogen) atoms. The summed E-state index contributed by atoms with van der Waals surface area (Å²) in [5.41, 5.74) is 2.59. The van der Waals surface area contributed by atoms with Crippen LogP contribution in [0.1, 0.15) is 47.3 Å². The molecule has 0 aliphatic heterocycles. The molecule has 5 nitrogen and oxygen atoms in total. The summed E-state index contributed by atoms with van der Waals surface area (Å²) >= 11 is 1.46. The van der Waals surface area contributed by atoms with E-state index in [1.165, 1.54) is 16.2 Å². The van der Waals surface area contributed by atoms with Crippen molar-refractivity contribution in [1.29, 1.82) is 5.26 Å². The Hall–Kier alpha value is -2.17. The average Bonchev–Trinajstić information content (AvgIpc) is 2.80. The second-order valence-electron chi connectivity index (χ2n) is 6.81. The highest BCUT2D eigenvalue weighted by Crippen LogP contribution is 2.37. The Morgan fingerprint density at radius 2 is 1.89 bits per heavy atom. The average molecular weight is 403 g/mol. The van der Waals surface area contributed by atoms with Gasteiger partial charge in [0.2, 0.25) is 5.91 Å². The third-order valence-corrected chi connectivity index (χ3v) is 7.70. The van der Waals surface area contributed by atoms with Gasteiger partial charge in [0.15, 0.2) is 9.84 Å². The maximum Gasteiger partial charge on any atom is 0.226 e. The predicted molar refractivity (Wildman–Crippen MR) is 107 cm³/mol. The predicted octanol–water partition coefficient (Wildman–Crippen LogP) is 4.00. The van der Waals surface area contributed by atoms with Gasteiger partial charge in [0.1, 0.15) is 11.1 Å². The van der Waals surface area contributed by atoms with Gasteiger partial charge in [-0.25, -0.2) is 8.42 Å². The van der Waals surface area contributed by atoms with Crippen molar-refractivity contribution in [3.05, 3.63) is 45.8 Å². The molecule has 0 radical (unpaired) electrons. The van der Waals surface area contributed by atoms with E-state index >= 15 is 0 Å². The lowest BCUT2D eigenvalue weighted by Crippen LogP contribution is -2.17. The number of hydrogen-bond acceptors (Lipinski definition) is 5. The molecule has 7 heteroatoms. The number of thiophene rings is 1. The molecule has 1 heterocycles. The fraction of sp³-hybridized carbons (Fsp3) is 0.400. The molecule has 1 aliphatic rings. The minimum atomic E-state index is -3.51. The minimum Gasteiger partial charge on any atom is -0.317 e. The summed E-state index contributed by atoms with van der Waals surface area (Å²) in [6, 6.07) is 8.82. The van der Waals surface area contributed by atoms with Gasteiger partial charge >= 0.3 is 0 Å². The summed E-state index contributed by atoms with van der Waals surface area (Å²) in [6.07, 6.45) is 4.98. The third kappa shape index (κ3) is 4.57. The van der Waals surface area contributed by atoms with Gasteiger partial charge in [-0.3, -0.25) is 4.79 Å². The van der Waals surface area contributed by atoms with E-state index in [1.54, 1.807) is 24.3 Å². The standard InChI is InChI=1S/C20H22N2O3S2/c1-14-7-9-15(10-8-14)27(24,25)12-11-19(23)22-20-17(13-21)16-5-3-2-4-6-18(16)26-20/h7-10H,2-6,11-12H2,1H3,(H,22,23). The first-order valence-electron chi connectivity index (χ1n) is 9.04. The molecule has 0 spiro atoms. The van der Waals surface area contributed by atoms with Crippen LogP contribution in [0.4, 0.5) is 5.00 Å². The molecular formula is C20H22N2O3S2. The Bertz CT molecular complexity index is 983. The van der Waals surface area contributed by atoms with Crippen molar-refractivity contribution < 1.29 is 13.2 Å². The number of nitrogens with one attached hydrogen (secondary N) is 1. The molecule has 0 saturated heterocycles. The zero-order chi connectivity index (χ0) is 19.4. The Kier molecular flexibility index (Phi) is 5.98. The number of sulfone groups is 1. The smallest absolute Gasteiger partial charge is 0.226 e. The van der Waals surface area contributed by atoms with Crippen LogP contribution in [-0.2, 0) is 27.5 Å². The summed E-state index contributed by atoms with van der Waals surface area (Å²) in [5, 5.41) is 12.8. The molecule has 0 unspecified atom stereocenters. The fourth-order valence-corrected chi connectivity index (χ4v) is 5.73. The van der Waals surface area contributed by atoms with Crippen LogP contribution in [0.25, 0.3) is 0 Å². The van der Waals surface area contributed by atoms with Gasteiger partial charge in [-0.15, -0.1) is 11.3 Å². The van der Waals surface area contributed by atoms with E-state index in [-0.39, 0.29) is 23.0 Å². The van der Waals surface area contributed by atoms with Gasteiger partial charge < -0.3 is 5.32 Å². The number of rotatable bonds is 5. The van der Waals surface area contributed by atoms with Gasteiger partial charge in [-0.2, -0.15) is 5.26 Å². The molecule has 2 aromatic rings. The number of amides is 1. The lowest BCUT2D eigenvalue weighted by Gasteiger charge is -2.06. The Balaban J connectivity index is 1.68. The molecule has 1 aromatic carbocycles. The zero-order valence-corrected chi connectivity index (χ0v) is 16.9. The van der Waals surface area contributed by atoms with Gasteiger partial charge in [0.05, 0.1) is 16.2 Å². The molecule has 3 rings (SSSR count). The van der Waals surface area contributed by atoms with Crippen LogP contribution in [0.3, 0.4) is 0 Å². The van der Waals surface area contributed by atoms with Crippen molar-refractivity contribution >= 4 is 32.1 Å². The monoisotopic (exact) mass is 402 g/mol. The van der Waals surface area contributed by atoms with E-state index in [4.69, 9.17) is 0 Å². The van der Waals surface area contributed by atoms with Crippen molar-refractivity contribution in [3.8, 4) is 6.07 Å². The van der Waals surface area contributed by atoms with Crippen LogP contribution in [0, 0.1) is 18.3 Å². The highest BCUT2D eigenvalue weighted by molar-refractivity contribution is 7.91. The second-order valence-corrected chi connectivity index (χ2v) is 10.0. The molecule has 0 saturated carbocycles. The summed E-state index contributed by atoms with van der Waals surface area (Å²) < 4.78 is 24.8. The topological polar surface area (TPSA) is 87.0 Å². The SMILES string of the molecule is Cc1ccc(S(=O)(=O)CCC(=O)Nc2sc3c(c2C#N)CCCCC3)cc1. The third-order valence-electron chi connectivity index (χ3n) is 4.76. The van der Waals surface area contributed by atoms with E-state index in [0.717, 1.165) is 43.2 Å². The molecular weight excluding hydrogens is 380 g/mol. The van der Waals surface area contributed by atoms with Crippen LogP contribution >= 0.6 is 11.3 Å². The maximum absolute atomic E-state index is 12.4. The first kappa shape index (κ1) is 19.6. The quantitative estimate of drug-likeness (QED) is 0.766. The Labute approximate surface area is 164 Å². The molecule has 1 aliphatic carbocycles. The van der Waals surface area contributed by atoms with Crippen molar-refractivity contribution in [2.75, 3.05) is 11.1 Å². The Morgan fingerprint density at radius 1 is 1.19 bits per heavy atom. The number of nitrogens with zero attached hydrogens (tertiary/aromatic N) is 1. The highest BCUT2D eigenvalue weighted by Gasteiger charge is 2.22. The normalized spacial score (nSPS) is 14.1. The molecule has 142 valence electrons. The number of hydrogen-bond donors (Lipinski definition) is 1. The number of carbonyl (C=O) groups is 1. The van der Waals surface area contributed by atoms with Crippen LogP contribution in [-0.4, -0.2) is 20.1 Å². The molecule has 1 N–H and O–H groups in total. The zero-order valence-electron chi connectivity index (χ0n) is 15.2. The molecule has 0 fully saturated rings. The molecule has 1 aromatic heterocycles. The van der Waals surface area contributed by atoms with E-state index in [0.29, 0.717) is 10.6 Å². The largest absolute Gasteiger partial charge is 0.317 e. The molecule has 0 atom stereocenters. The van der Waals surface area contributed by atoms with Crippen LogP contribution in [0.15, 0.2) is 29.2 Å². The summed E-state index contributed by atoms with van der Waals surface area (Å²) in [7, 11) is -3.51. The van der Waals surface area contributed by atoms with Gasteiger partial charge in [0, 0.05) is 11.3 Å². The van der Waals surface area contributed by atoms with Gasteiger partial charge in [0.25, 0.3) is 0 Å². The minimum absolute atomic E-state index is 0.135. The fourth-order valence-electron chi connectivity index (χ4n) is 3.23. The lowest BCUT2D eigenvalue weighted by molar-refractivity contribution is -0.115. The lowest BCUT2D eigenvalue weighted by atomic mass is 10.1. The van der Waals surface area contributed by atoms with Crippen LogP contribution in [0.2, 0.25) is 0 Å².